The highest BCUT2D eigenvalue weighted by atomic mass is 127. The minimum atomic E-state index is -0.498. The first-order valence-corrected chi connectivity index (χ1v) is 5.21. The average Bonchev–Trinajstić information content (AvgIpc) is 2.14. The van der Waals surface area contributed by atoms with Gasteiger partial charge in [0, 0.05) is 17.2 Å². The largest absolute Gasteiger partial charge is 0.351 e. The van der Waals surface area contributed by atoms with Crippen LogP contribution >= 0.6 is 22.6 Å². The number of aromatic nitrogens is 1. The summed E-state index contributed by atoms with van der Waals surface area (Å²) in [6.45, 7) is 0.579. The molecule has 0 unspecified atom stereocenters. The van der Waals surface area contributed by atoms with Gasteiger partial charge >= 0.3 is 0 Å². The van der Waals surface area contributed by atoms with Crippen molar-refractivity contribution in [2.45, 2.75) is 0 Å². The Morgan fingerprint density at radius 1 is 1.62 bits per heavy atom. The Bertz CT molecular complexity index is 306. The van der Waals surface area contributed by atoms with Crippen molar-refractivity contribution in [2.75, 3.05) is 11.0 Å². The molecule has 1 rings (SSSR count). The number of rotatable bonds is 3. The molecule has 70 valence electrons. The molecule has 0 aliphatic carbocycles. The quantitative estimate of drug-likeness (QED) is 0.676. The Balaban J connectivity index is 2.66. The molecule has 0 saturated heterocycles. The van der Waals surface area contributed by atoms with Gasteiger partial charge in [0.15, 0.2) is 0 Å². The summed E-state index contributed by atoms with van der Waals surface area (Å²) >= 11 is 2.14. The van der Waals surface area contributed by atoms with Gasteiger partial charge in [-0.1, -0.05) is 22.6 Å². The van der Waals surface area contributed by atoms with Crippen molar-refractivity contribution in [2.24, 2.45) is 0 Å². The normalized spacial score (nSPS) is 9.69. The summed E-state index contributed by atoms with van der Waals surface area (Å²) in [6, 6.07) is 1.16. The van der Waals surface area contributed by atoms with Crippen molar-refractivity contribution in [1.29, 1.82) is 0 Å². The van der Waals surface area contributed by atoms with Crippen LogP contribution in [0.25, 0.3) is 0 Å². The molecule has 0 atom stereocenters. The van der Waals surface area contributed by atoms with Crippen LogP contribution in [0.15, 0.2) is 18.5 Å². The third-order valence-corrected chi connectivity index (χ3v) is 1.89. The van der Waals surface area contributed by atoms with Crippen LogP contribution in [0.3, 0.4) is 0 Å². The molecule has 1 aromatic heterocycles. The average molecular weight is 294 g/mol. The first-order valence-electron chi connectivity index (χ1n) is 3.69. The molecule has 1 heterocycles. The number of pyridine rings is 1. The predicted octanol–water partition coefficient (Wildman–Crippen LogP) is 1.39. The first-order chi connectivity index (χ1) is 6.24. The molecule has 0 fully saturated rings. The number of carbonyl (C=O) groups is 1. The van der Waals surface area contributed by atoms with Crippen LogP contribution in [-0.2, 0) is 0 Å². The van der Waals surface area contributed by atoms with Crippen LogP contribution < -0.4 is 5.32 Å². The lowest BCUT2D eigenvalue weighted by Gasteiger charge is -2.01. The second-order valence-corrected chi connectivity index (χ2v) is 3.42. The number of amides is 1. The Hall–Kier alpha value is -0.720. The van der Waals surface area contributed by atoms with Gasteiger partial charge in [0.1, 0.15) is 5.82 Å². The van der Waals surface area contributed by atoms with Gasteiger partial charge in [0.2, 0.25) is 0 Å². The van der Waals surface area contributed by atoms with Gasteiger partial charge in [-0.2, -0.15) is 0 Å². The SMILES string of the molecule is O=C(NCCI)c1cncc(F)c1. The van der Waals surface area contributed by atoms with Crippen LogP contribution in [0, 0.1) is 5.82 Å². The van der Waals surface area contributed by atoms with Crippen molar-refractivity contribution in [3.8, 4) is 0 Å². The lowest BCUT2D eigenvalue weighted by atomic mass is 10.2. The zero-order chi connectivity index (χ0) is 9.68. The number of nitrogens with zero attached hydrogens (tertiary/aromatic N) is 1. The fraction of sp³-hybridized carbons (Fsp3) is 0.250. The van der Waals surface area contributed by atoms with E-state index in [1.165, 1.54) is 6.20 Å². The maximum atomic E-state index is 12.6. The highest BCUT2D eigenvalue weighted by molar-refractivity contribution is 14.1. The van der Waals surface area contributed by atoms with Crippen LogP contribution in [0.2, 0.25) is 0 Å². The Morgan fingerprint density at radius 3 is 3.00 bits per heavy atom. The van der Waals surface area contributed by atoms with E-state index in [2.05, 4.69) is 32.9 Å². The van der Waals surface area contributed by atoms with Gasteiger partial charge in [0.05, 0.1) is 11.8 Å². The molecule has 5 heteroatoms. The summed E-state index contributed by atoms with van der Waals surface area (Å²) in [4.78, 5) is 14.8. The molecule has 1 amide bonds. The van der Waals surface area contributed by atoms with Crippen molar-refractivity contribution < 1.29 is 9.18 Å². The molecular formula is C8H8FIN2O. The van der Waals surface area contributed by atoms with E-state index in [1.807, 2.05) is 0 Å². The summed E-state index contributed by atoms with van der Waals surface area (Å²) in [5.41, 5.74) is 0.254. The van der Waals surface area contributed by atoms with Crippen molar-refractivity contribution in [1.82, 2.24) is 10.3 Å². The fourth-order valence-corrected chi connectivity index (χ4v) is 1.07. The number of hydrogen-bond donors (Lipinski definition) is 1. The summed E-state index contributed by atoms with van der Waals surface area (Å²) in [5, 5.41) is 2.62. The molecular weight excluding hydrogens is 286 g/mol. The predicted molar refractivity (Wildman–Crippen MR) is 55.4 cm³/mol. The highest BCUT2D eigenvalue weighted by Crippen LogP contribution is 2.00. The minimum absolute atomic E-state index is 0.254. The smallest absolute Gasteiger partial charge is 0.252 e. The Morgan fingerprint density at radius 2 is 2.38 bits per heavy atom. The monoisotopic (exact) mass is 294 g/mol. The van der Waals surface area contributed by atoms with Crippen LogP contribution in [-0.4, -0.2) is 21.9 Å². The second kappa shape index (κ2) is 5.11. The Kier molecular flexibility index (Phi) is 4.07. The van der Waals surface area contributed by atoms with E-state index in [0.717, 1.165) is 16.7 Å². The molecule has 1 aromatic rings. The van der Waals surface area contributed by atoms with E-state index in [0.29, 0.717) is 6.54 Å². The van der Waals surface area contributed by atoms with E-state index in [-0.39, 0.29) is 11.5 Å². The molecule has 0 radical (unpaired) electrons. The van der Waals surface area contributed by atoms with Gasteiger partial charge in [-0.3, -0.25) is 9.78 Å². The van der Waals surface area contributed by atoms with Gasteiger partial charge in [-0.25, -0.2) is 4.39 Å². The van der Waals surface area contributed by atoms with Crippen LogP contribution in [0.5, 0.6) is 0 Å². The molecule has 0 aliphatic heterocycles. The maximum absolute atomic E-state index is 12.6. The second-order valence-electron chi connectivity index (χ2n) is 2.34. The maximum Gasteiger partial charge on any atom is 0.252 e. The zero-order valence-electron chi connectivity index (χ0n) is 6.76. The Labute approximate surface area is 88.9 Å². The number of nitrogens with one attached hydrogen (secondary N) is 1. The molecule has 3 nitrogen and oxygen atoms in total. The van der Waals surface area contributed by atoms with E-state index in [4.69, 9.17) is 0 Å². The van der Waals surface area contributed by atoms with E-state index < -0.39 is 5.82 Å². The van der Waals surface area contributed by atoms with E-state index >= 15 is 0 Å². The third kappa shape index (κ3) is 3.25. The van der Waals surface area contributed by atoms with Crippen molar-refractivity contribution in [3.63, 3.8) is 0 Å². The molecule has 0 aromatic carbocycles. The van der Waals surface area contributed by atoms with Crippen molar-refractivity contribution >= 4 is 28.5 Å². The summed E-state index contributed by atoms with van der Waals surface area (Å²) in [7, 11) is 0. The van der Waals surface area contributed by atoms with Crippen LogP contribution in [0.1, 0.15) is 10.4 Å². The molecule has 0 aliphatic rings. The number of carbonyl (C=O) groups excluding carboxylic acids is 1. The summed E-state index contributed by atoms with van der Waals surface area (Å²) < 4.78 is 13.4. The number of alkyl halides is 1. The topological polar surface area (TPSA) is 42.0 Å². The lowest BCUT2D eigenvalue weighted by molar-refractivity contribution is 0.0955. The molecule has 1 N–H and O–H groups in total. The molecule has 0 bridgehead atoms. The van der Waals surface area contributed by atoms with Crippen molar-refractivity contribution in [3.05, 3.63) is 29.8 Å². The number of halogens is 2. The lowest BCUT2D eigenvalue weighted by Crippen LogP contribution is -2.25. The third-order valence-electron chi connectivity index (χ3n) is 1.35. The fourth-order valence-electron chi connectivity index (χ4n) is 0.799. The van der Waals surface area contributed by atoms with Gasteiger partial charge < -0.3 is 5.32 Å². The molecule has 0 spiro atoms. The highest BCUT2D eigenvalue weighted by Gasteiger charge is 2.05. The molecule has 13 heavy (non-hydrogen) atoms. The van der Waals surface area contributed by atoms with E-state index in [1.54, 1.807) is 0 Å². The molecule has 0 saturated carbocycles. The van der Waals surface area contributed by atoms with Crippen LogP contribution in [0.4, 0.5) is 4.39 Å². The summed E-state index contributed by atoms with van der Waals surface area (Å²) in [5.74, 6) is -0.786. The minimum Gasteiger partial charge on any atom is -0.351 e. The van der Waals surface area contributed by atoms with E-state index in [9.17, 15) is 9.18 Å². The van der Waals surface area contributed by atoms with Gasteiger partial charge in [-0.15, -0.1) is 0 Å². The van der Waals surface area contributed by atoms with Gasteiger partial charge in [-0.05, 0) is 6.07 Å². The van der Waals surface area contributed by atoms with Gasteiger partial charge in [0.25, 0.3) is 5.91 Å². The first kappa shape index (κ1) is 10.4. The number of hydrogen-bond acceptors (Lipinski definition) is 2. The summed E-state index contributed by atoms with van der Waals surface area (Å²) in [6.07, 6.45) is 2.40. The zero-order valence-corrected chi connectivity index (χ0v) is 8.92. The standard InChI is InChI=1S/C8H8FIN2O/c9-7-3-6(4-11-5-7)8(13)12-2-1-10/h3-5H,1-2H2,(H,12,13).